The van der Waals surface area contributed by atoms with Crippen LogP contribution in [0, 0.1) is 13.8 Å². The summed E-state index contributed by atoms with van der Waals surface area (Å²) in [4.78, 5) is 37.4. The molecule has 1 amide bonds. The van der Waals surface area contributed by atoms with Gasteiger partial charge >= 0.3 is 11.6 Å². The van der Waals surface area contributed by atoms with Crippen LogP contribution in [0.5, 0.6) is 0 Å². The minimum atomic E-state index is -0.978. The van der Waals surface area contributed by atoms with E-state index in [1.807, 2.05) is 18.2 Å². The molecule has 0 radical (unpaired) electrons. The van der Waals surface area contributed by atoms with E-state index in [1.54, 1.807) is 26.1 Å². The van der Waals surface area contributed by atoms with E-state index in [9.17, 15) is 14.4 Å². The first-order valence-electron chi connectivity index (χ1n) is 7.46. The zero-order valence-corrected chi connectivity index (χ0v) is 14.0. The maximum absolute atomic E-state index is 12.4. The summed E-state index contributed by atoms with van der Waals surface area (Å²) in [5, 5.41) is 0. The molecule has 6 heteroatoms. The van der Waals surface area contributed by atoms with E-state index in [2.05, 4.69) is 0 Å². The number of para-hydroxylation sites is 1. The van der Waals surface area contributed by atoms with E-state index < -0.39 is 17.7 Å². The van der Waals surface area contributed by atoms with Crippen molar-refractivity contribution in [2.75, 3.05) is 11.9 Å². The lowest BCUT2D eigenvalue weighted by molar-refractivity contribution is -0.126. The minimum Gasteiger partial charge on any atom is -0.449 e. The van der Waals surface area contributed by atoms with Crippen molar-refractivity contribution in [1.29, 1.82) is 0 Å². The second kappa shape index (κ2) is 7.12. The first-order valence-corrected chi connectivity index (χ1v) is 7.46. The van der Waals surface area contributed by atoms with Crippen LogP contribution in [0.15, 0.2) is 45.6 Å². The van der Waals surface area contributed by atoms with E-state index in [4.69, 9.17) is 9.15 Å². The predicted octanol–water partition coefficient (Wildman–Crippen LogP) is 2.46. The van der Waals surface area contributed by atoms with Crippen molar-refractivity contribution in [2.24, 2.45) is 0 Å². The Morgan fingerprint density at radius 2 is 1.79 bits per heavy atom. The molecule has 1 unspecified atom stereocenters. The molecule has 6 nitrogen and oxygen atoms in total. The maximum atomic E-state index is 12.4. The van der Waals surface area contributed by atoms with Gasteiger partial charge < -0.3 is 14.1 Å². The van der Waals surface area contributed by atoms with Gasteiger partial charge in [0.1, 0.15) is 11.3 Å². The summed E-state index contributed by atoms with van der Waals surface area (Å²) in [7, 11) is 1.61. The van der Waals surface area contributed by atoms with Crippen molar-refractivity contribution in [1.82, 2.24) is 0 Å². The third kappa shape index (κ3) is 3.71. The van der Waals surface area contributed by atoms with Gasteiger partial charge in [0.25, 0.3) is 5.91 Å². The Kier molecular flexibility index (Phi) is 5.18. The van der Waals surface area contributed by atoms with Crippen molar-refractivity contribution in [3.63, 3.8) is 0 Å². The Morgan fingerprint density at radius 1 is 1.17 bits per heavy atom. The van der Waals surface area contributed by atoms with Crippen LogP contribution in [0.4, 0.5) is 5.69 Å². The largest absolute Gasteiger partial charge is 0.449 e. The lowest BCUT2D eigenvalue weighted by Crippen LogP contribution is -2.37. The molecule has 1 aromatic carbocycles. The average Bonchev–Trinajstić information content (AvgIpc) is 2.53. The highest BCUT2D eigenvalue weighted by Crippen LogP contribution is 2.16. The third-order valence-electron chi connectivity index (χ3n) is 3.64. The maximum Gasteiger partial charge on any atom is 0.342 e. The lowest BCUT2D eigenvalue weighted by atomic mass is 10.1. The van der Waals surface area contributed by atoms with Crippen LogP contribution < -0.4 is 10.5 Å². The van der Waals surface area contributed by atoms with Gasteiger partial charge in [0.05, 0.1) is 0 Å². The number of rotatable bonds is 4. The molecule has 126 valence electrons. The van der Waals surface area contributed by atoms with Gasteiger partial charge in [-0.25, -0.2) is 9.59 Å². The van der Waals surface area contributed by atoms with Gasteiger partial charge in [0.15, 0.2) is 6.10 Å². The molecule has 0 spiro atoms. The standard InChI is InChI=1S/C18H19NO5/c1-11-10-15(20)23-12(2)16(11)18(22)24-13(3)17(21)19(4)14-8-6-5-7-9-14/h5-10,13H,1-4H3. The van der Waals surface area contributed by atoms with Crippen molar-refractivity contribution < 1.29 is 18.7 Å². The topological polar surface area (TPSA) is 76.8 Å². The molecular formula is C18H19NO5. The zero-order valence-electron chi connectivity index (χ0n) is 14.0. The summed E-state index contributed by atoms with van der Waals surface area (Å²) in [6.07, 6.45) is -0.978. The number of carbonyl (C=O) groups excluding carboxylic acids is 2. The molecule has 1 heterocycles. The number of hydrogen-bond donors (Lipinski definition) is 0. The van der Waals surface area contributed by atoms with E-state index in [-0.39, 0.29) is 17.2 Å². The highest BCUT2D eigenvalue weighted by molar-refractivity contribution is 5.99. The molecule has 1 aromatic heterocycles. The van der Waals surface area contributed by atoms with Crippen LogP contribution >= 0.6 is 0 Å². The predicted molar refractivity (Wildman–Crippen MR) is 89.2 cm³/mol. The molecule has 0 saturated heterocycles. The molecule has 0 bridgehead atoms. The van der Waals surface area contributed by atoms with E-state index in [1.165, 1.54) is 24.8 Å². The molecule has 0 aliphatic carbocycles. The smallest absolute Gasteiger partial charge is 0.342 e. The summed E-state index contributed by atoms with van der Waals surface area (Å²) in [6, 6.07) is 10.3. The Labute approximate surface area is 139 Å². The van der Waals surface area contributed by atoms with E-state index in [0.717, 1.165) is 0 Å². The summed E-state index contributed by atoms with van der Waals surface area (Å²) in [5.41, 5.74) is 0.777. The second-order valence-corrected chi connectivity index (χ2v) is 5.46. The Hall–Kier alpha value is -2.89. The molecule has 0 aliphatic heterocycles. The molecule has 1 atom stereocenters. The van der Waals surface area contributed by atoms with Gasteiger partial charge in [-0.05, 0) is 38.5 Å². The third-order valence-corrected chi connectivity index (χ3v) is 3.64. The molecule has 0 saturated carbocycles. The van der Waals surface area contributed by atoms with Crippen molar-refractivity contribution in [2.45, 2.75) is 26.9 Å². The van der Waals surface area contributed by atoms with Gasteiger partial charge in [-0.1, -0.05) is 18.2 Å². The van der Waals surface area contributed by atoms with Gasteiger partial charge in [-0.3, -0.25) is 4.79 Å². The number of nitrogens with zero attached hydrogens (tertiary/aromatic N) is 1. The summed E-state index contributed by atoms with van der Waals surface area (Å²) >= 11 is 0. The van der Waals surface area contributed by atoms with Crippen molar-refractivity contribution in [3.8, 4) is 0 Å². The number of anilines is 1. The van der Waals surface area contributed by atoms with Crippen molar-refractivity contribution in [3.05, 3.63) is 63.7 Å². The van der Waals surface area contributed by atoms with Gasteiger partial charge in [0, 0.05) is 18.8 Å². The van der Waals surface area contributed by atoms with Gasteiger partial charge in [-0.15, -0.1) is 0 Å². The fourth-order valence-electron chi connectivity index (χ4n) is 2.38. The molecular weight excluding hydrogens is 310 g/mol. The number of ether oxygens (including phenoxy) is 1. The van der Waals surface area contributed by atoms with Crippen molar-refractivity contribution >= 4 is 17.6 Å². The molecule has 2 rings (SSSR count). The number of benzene rings is 1. The number of aryl methyl sites for hydroxylation is 2. The quantitative estimate of drug-likeness (QED) is 0.805. The zero-order chi connectivity index (χ0) is 17.9. The lowest BCUT2D eigenvalue weighted by Gasteiger charge is -2.21. The van der Waals surface area contributed by atoms with Gasteiger partial charge in [-0.2, -0.15) is 0 Å². The van der Waals surface area contributed by atoms with E-state index in [0.29, 0.717) is 11.3 Å². The normalized spacial score (nSPS) is 11.7. The number of likely N-dealkylation sites (N-methyl/N-ethyl adjacent to an activating group) is 1. The average molecular weight is 329 g/mol. The fourth-order valence-corrected chi connectivity index (χ4v) is 2.38. The highest BCUT2D eigenvalue weighted by atomic mass is 16.5. The summed E-state index contributed by atoms with van der Waals surface area (Å²) in [5.74, 6) is -0.889. The number of hydrogen-bond acceptors (Lipinski definition) is 5. The first kappa shape index (κ1) is 17.5. The first-order chi connectivity index (χ1) is 11.3. The van der Waals surface area contributed by atoms with Crippen LogP contribution in [0.25, 0.3) is 0 Å². The Bertz CT molecular complexity index is 784. The van der Waals surface area contributed by atoms with E-state index >= 15 is 0 Å². The molecule has 0 aliphatic rings. The Morgan fingerprint density at radius 3 is 2.38 bits per heavy atom. The molecule has 0 fully saturated rings. The molecule has 24 heavy (non-hydrogen) atoms. The van der Waals surface area contributed by atoms with Gasteiger partial charge in [0.2, 0.25) is 0 Å². The highest BCUT2D eigenvalue weighted by Gasteiger charge is 2.25. The van der Waals surface area contributed by atoms with Crippen LogP contribution in [0.3, 0.4) is 0 Å². The molecule has 2 aromatic rings. The van der Waals surface area contributed by atoms with Crippen LogP contribution in [-0.2, 0) is 9.53 Å². The monoisotopic (exact) mass is 329 g/mol. The van der Waals surface area contributed by atoms with Crippen LogP contribution in [-0.4, -0.2) is 25.0 Å². The minimum absolute atomic E-state index is 0.164. The Balaban J connectivity index is 2.14. The number of esters is 1. The van der Waals surface area contributed by atoms with Crippen LogP contribution in [0.2, 0.25) is 0 Å². The summed E-state index contributed by atoms with van der Waals surface area (Å²) < 4.78 is 10.2. The molecule has 0 N–H and O–H groups in total. The van der Waals surface area contributed by atoms with Crippen LogP contribution in [0.1, 0.15) is 28.6 Å². The number of carbonyl (C=O) groups is 2. The SMILES string of the molecule is Cc1cc(=O)oc(C)c1C(=O)OC(C)C(=O)N(C)c1ccccc1. The fraction of sp³-hybridized carbons (Fsp3) is 0.278. The summed E-state index contributed by atoms with van der Waals surface area (Å²) in [6.45, 7) is 4.63. The number of amides is 1. The second-order valence-electron chi connectivity index (χ2n) is 5.46.